The Morgan fingerprint density at radius 1 is 1.38 bits per heavy atom. The van der Waals surface area contributed by atoms with Crippen LogP contribution in [-0.4, -0.2) is 33.3 Å². The highest BCUT2D eigenvalue weighted by Gasteiger charge is 2.24. The zero-order chi connectivity index (χ0) is 15.8. The molecule has 0 aliphatic heterocycles. The summed E-state index contributed by atoms with van der Waals surface area (Å²) in [5.74, 6) is -0.540. The maximum absolute atomic E-state index is 11.9. The number of aryl methyl sites for hydroxylation is 1. The maximum Gasteiger partial charge on any atom is 0.373 e. The second kappa shape index (κ2) is 7.91. The molecule has 7 nitrogen and oxygen atoms in total. The molecule has 0 amide bonds. The van der Waals surface area contributed by atoms with Crippen LogP contribution in [0.4, 0.5) is 0 Å². The summed E-state index contributed by atoms with van der Waals surface area (Å²) in [4.78, 5) is 36.7. The van der Waals surface area contributed by atoms with E-state index in [0.717, 1.165) is 16.7 Å². The van der Waals surface area contributed by atoms with E-state index >= 15 is 0 Å². The maximum atomic E-state index is 11.9. The molecule has 2 aromatic rings. The molecule has 0 bridgehead atoms. The van der Waals surface area contributed by atoms with Gasteiger partial charge in [0.05, 0.1) is 18.2 Å². The number of carbonyl (C=O) groups is 1. The third-order valence-corrected chi connectivity index (χ3v) is 3.00. The molecule has 0 aliphatic carbocycles. The molecule has 7 heteroatoms. The van der Waals surface area contributed by atoms with Gasteiger partial charge >= 0.3 is 12.1 Å². The van der Waals surface area contributed by atoms with Crippen LogP contribution in [0.1, 0.15) is 31.9 Å². The summed E-state index contributed by atoms with van der Waals surface area (Å²) < 4.78 is 7.01. The highest BCUT2D eigenvalue weighted by Crippen LogP contribution is 2.26. The zero-order valence-corrected chi connectivity index (χ0v) is 12.2. The van der Waals surface area contributed by atoms with E-state index in [2.05, 4.69) is 9.97 Å². The molecule has 2 aromatic heterocycles. The first kappa shape index (κ1) is 16.5. The molecule has 0 radical (unpaired) electrons. The van der Waals surface area contributed by atoms with E-state index in [4.69, 9.17) is 14.3 Å². The molecule has 2 heterocycles. The van der Waals surface area contributed by atoms with Crippen molar-refractivity contribution < 1.29 is 19.1 Å². The van der Waals surface area contributed by atoms with Crippen LogP contribution in [0.2, 0.25) is 0 Å². The van der Waals surface area contributed by atoms with Gasteiger partial charge in [0.1, 0.15) is 12.0 Å². The van der Waals surface area contributed by atoms with E-state index < -0.39 is 0 Å². The van der Waals surface area contributed by atoms with Crippen LogP contribution in [0.15, 0.2) is 18.6 Å². The molecule has 0 aromatic carbocycles. The van der Waals surface area contributed by atoms with Crippen LogP contribution in [0, 0.1) is 0 Å². The van der Waals surface area contributed by atoms with E-state index in [1.807, 2.05) is 37.7 Å². The van der Waals surface area contributed by atoms with Gasteiger partial charge in [0.2, 0.25) is 0 Å². The molecule has 1 unspecified atom stereocenters. The highest BCUT2D eigenvalue weighted by molar-refractivity contribution is 5.86. The van der Waals surface area contributed by atoms with Crippen molar-refractivity contribution >= 4 is 23.2 Å². The minimum absolute atomic E-state index is 0.219. The zero-order valence-electron chi connectivity index (χ0n) is 12.2. The quantitative estimate of drug-likeness (QED) is 0.792. The number of ether oxygens (including phenoxy) is 1. The Balaban J connectivity index is 0.000000677. The average molecular weight is 291 g/mol. The van der Waals surface area contributed by atoms with E-state index in [1.54, 1.807) is 0 Å². The molecule has 0 saturated heterocycles. The summed E-state index contributed by atoms with van der Waals surface area (Å²) in [6.45, 7) is 4.15. The van der Waals surface area contributed by atoms with Crippen LogP contribution in [0.25, 0.3) is 11.0 Å². The monoisotopic (exact) mass is 291 g/mol. The largest absolute Gasteiger partial charge is 0.465 e. The molecule has 21 heavy (non-hydrogen) atoms. The Morgan fingerprint density at radius 2 is 2.05 bits per heavy atom. The molecule has 0 aliphatic rings. The molecular weight excluding hydrogens is 274 g/mol. The van der Waals surface area contributed by atoms with Gasteiger partial charge in [0.15, 0.2) is 0 Å². The number of fused-ring (bicyclic) bond motifs is 1. The average Bonchev–Trinajstić information content (AvgIpc) is 2.84. The first-order valence-electron chi connectivity index (χ1n) is 6.52. The lowest BCUT2D eigenvalue weighted by Gasteiger charge is -2.13. The fourth-order valence-electron chi connectivity index (χ4n) is 2.09. The van der Waals surface area contributed by atoms with Crippen LogP contribution < -0.4 is 0 Å². The van der Waals surface area contributed by atoms with Gasteiger partial charge in [-0.3, -0.25) is 4.79 Å². The molecule has 0 saturated carbocycles. The van der Waals surface area contributed by atoms with Crippen molar-refractivity contribution in [3.05, 3.63) is 24.3 Å². The lowest BCUT2D eigenvalue weighted by Crippen LogP contribution is -2.17. The standard InChI is InChI=1S/C13H17N3O2.CO2/c1-4-9(13(17)18-5-2)11-10-6-7-16(3)12(10)15-8-14-11;2-1-3/h6-9H,4-5H2,1-3H3;. The Labute approximate surface area is 121 Å². The van der Waals surface area contributed by atoms with Crippen molar-refractivity contribution in [2.24, 2.45) is 7.05 Å². The number of esters is 1. The third-order valence-electron chi connectivity index (χ3n) is 3.00. The van der Waals surface area contributed by atoms with E-state index in [0.29, 0.717) is 13.0 Å². The van der Waals surface area contributed by atoms with E-state index in [1.165, 1.54) is 6.33 Å². The van der Waals surface area contributed by atoms with Gasteiger partial charge in [-0.25, -0.2) is 9.97 Å². The fraction of sp³-hybridized carbons (Fsp3) is 0.429. The van der Waals surface area contributed by atoms with Crippen molar-refractivity contribution in [1.29, 1.82) is 0 Å². The van der Waals surface area contributed by atoms with Crippen molar-refractivity contribution in [1.82, 2.24) is 14.5 Å². The predicted octanol–water partition coefficient (Wildman–Crippen LogP) is 1.44. The predicted molar refractivity (Wildman–Crippen MR) is 73.2 cm³/mol. The Bertz CT molecular complexity index is 645. The molecule has 0 spiro atoms. The van der Waals surface area contributed by atoms with Gasteiger partial charge in [-0.2, -0.15) is 9.59 Å². The van der Waals surface area contributed by atoms with Gasteiger partial charge in [-0.15, -0.1) is 0 Å². The number of aromatic nitrogens is 3. The van der Waals surface area contributed by atoms with Gasteiger partial charge < -0.3 is 9.30 Å². The van der Waals surface area contributed by atoms with Crippen LogP contribution in [0.5, 0.6) is 0 Å². The van der Waals surface area contributed by atoms with Crippen LogP contribution in [0.3, 0.4) is 0 Å². The molecule has 2 rings (SSSR count). The lowest BCUT2D eigenvalue weighted by atomic mass is 10.00. The van der Waals surface area contributed by atoms with Gasteiger partial charge in [-0.1, -0.05) is 6.92 Å². The minimum atomic E-state index is -0.321. The summed E-state index contributed by atoms with van der Waals surface area (Å²) >= 11 is 0. The number of rotatable bonds is 4. The molecule has 0 fully saturated rings. The topological polar surface area (TPSA) is 91.2 Å². The third kappa shape index (κ3) is 3.73. The van der Waals surface area contributed by atoms with Crippen LogP contribution >= 0.6 is 0 Å². The summed E-state index contributed by atoms with van der Waals surface area (Å²) in [5, 5.41) is 0.917. The van der Waals surface area contributed by atoms with Crippen molar-refractivity contribution in [3.8, 4) is 0 Å². The van der Waals surface area contributed by atoms with Crippen molar-refractivity contribution in [2.45, 2.75) is 26.2 Å². The fourth-order valence-corrected chi connectivity index (χ4v) is 2.09. The second-order valence-corrected chi connectivity index (χ2v) is 4.22. The first-order valence-corrected chi connectivity index (χ1v) is 6.52. The molecule has 0 N–H and O–H groups in total. The van der Waals surface area contributed by atoms with E-state index in [-0.39, 0.29) is 18.0 Å². The Kier molecular flexibility index (Phi) is 6.23. The summed E-state index contributed by atoms with van der Waals surface area (Å²) in [7, 11) is 1.92. The van der Waals surface area contributed by atoms with Crippen molar-refractivity contribution in [2.75, 3.05) is 6.61 Å². The number of hydrogen-bond donors (Lipinski definition) is 0. The number of carbonyl (C=O) groups excluding carboxylic acids is 3. The van der Waals surface area contributed by atoms with Crippen molar-refractivity contribution in [3.63, 3.8) is 0 Å². The molecular formula is C14H17N3O4. The molecule has 1 atom stereocenters. The summed E-state index contributed by atoms with van der Waals surface area (Å²) in [6.07, 6.45) is 4.33. The number of nitrogens with zero attached hydrogens (tertiary/aromatic N) is 3. The van der Waals surface area contributed by atoms with Gasteiger partial charge in [0, 0.05) is 18.6 Å². The minimum Gasteiger partial charge on any atom is -0.465 e. The normalized spacial score (nSPS) is 11.2. The Morgan fingerprint density at radius 3 is 2.62 bits per heavy atom. The van der Waals surface area contributed by atoms with Gasteiger partial charge in [-0.05, 0) is 19.4 Å². The second-order valence-electron chi connectivity index (χ2n) is 4.22. The molecule has 112 valence electrons. The number of hydrogen-bond acceptors (Lipinski definition) is 6. The van der Waals surface area contributed by atoms with Gasteiger partial charge in [0.25, 0.3) is 0 Å². The van der Waals surface area contributed by atoms with E-state index in [9.17, 15) is 4.79 Å². The van der Waals surface area contributed by atoms with Crippen LogP contribution in [-0.2, 0) is 26.2 Å². The summed E-state index contributed by atoms with van der Waals surface area (Å²) in [6, 6.07) is 1.94. The Hall–Kier alpha value is -2.53. The highest BCUT2D eigenvalue weighted by atomic mass is 16.5. The lowest BCUT2D eigenvalue weighted by molar-refractivity contribution is -0.191. The first-order chi connectivity index (χ1) is 10.1. The summed E-state index contributed by atoms with van der Waals surface area (Å²) in [5.41, 5.74) is 1.59. The smallest absolute Gasteiger partial charge is 0.373 e. The SMILES string of the molecule is CCOC(=O)C(CC)c1ncnc2c1ccn2C.O=C=O.